The molecular formula is C21H22N2O5. The minimum atomic E-state index is -1.01. The van der Waals surface area contributed by atoms with Crippen LogP contribution in [-0.4, -0.2) is 30.0 Å². The summed E-state index contributed by atoms with van der Waals surface area (Å²) in [6.07, 6.45) is -2.30. The second kappa shape index (κ2) is 8.12. The van der Waals surface area contributed by atoms with E-state index in [4.69, 9.17) is 9.47 Å². The van der Waals surface area contributed by atoms with Gasteiger partial charge >= 0.3 is 5.97 Å². The number of anilines is 2. The number of nitrogens with one attached hydrogen (secondary N) is 2. The van der Waals surface area contributed by atoms with E-state index in [1.165, 1.54) is 6.92 Å². The summed E-state index contributed by atoms with van der Waals surface area (Å²) in [5.41, 5.74) is 3.13. The predicted molar refractivity (Wildman–Crippen MR) is 104 cm³/mol. The Hall–Kier alpha value is -3.35. The number of carbonyl (C=O) groups excluding carboxylic acids is 3. The molecule has 2 N–H and O–H groups in total. The van der Waals surface area contributed by atoms with Crippen molar-refractivity contribution in [3.05, 3.63) is 53.6 Å². The first-order valence-electron chi connectivity index (χ1n) is 8.97. The normalized spacial score (nSPS) is 16.2. The summed E-state index contributed by atoms with van der Waals surface area (Å²) in [4.78, 5) is 36.6. The molecule has 1 aliphatic rings. The van der Waals surface area contributed by atoms with Crippen LogP contribution in [0.25, 0.3) is 0 Å². The first-order valence-corrected chi connectivity index (χ1v) is 8.97. The highest BCUT2D eigenvalue weighted by Gasteiger charge is 2.31. The fourth-order valence-electron chi connectivity index (χ4n) is 2.78. The minimum Gasteiger partial charge on any atom is -0.478 e. The van der Waals surface area contributed by atoms with Crippen LogP contribution >= 0.6 is 0 Å². The Kier molecular flexibility index (Phi) is 5.63. The summed E-state index contributed by atoms with van der Waals surface area (Å²) in [6, 6.07) is 12.6. The Labute approximate surface area is 163 Å². The highest BCUT2D eigenvalue weighted by atomic mass is 16.6. The van der Waals surface area contributed by atoms with Crippen molar-refractivity contribution in [1.29, 1.82) is 0 Å². The van der Waals surface area contributed by atoms with Gasteiger partial charge < -0.3 is 20.1 Å². The summed E-state index contributed by atoms with van der Waals surface area (Å²) in [7, 11) is 0. The van der Waals surface area contributed by atoms with E-state index in [2.05, 4.69) is 10.6 Å². The number of para-hydroxylation sites is 2. The zero-order valence-corrected chi connectivity index (χ0v) is 15.9. The SMILES string of the molecule is Cc1ccc(C)c(NC(=O)[C@H](C)OC(=O)C[C@H]2Oc3ccccc3NC2=O)c1. The van der Waals surface area contributed by atoms with Gasteiger partial charge in [0, 0.05) is 5.69 Å². The van der Waals surface area contributed by atoms with Crippen LogP contribution in [0.4, 0.5) is 11.4 Å². The van der Waals surface area contributed by atoms with E-state index in [0.29, 0.717) is 17.1 Å². The van der Waals surface area contributed by atoms with E-state index in [1.54, 1.807) is 24.3 Å². The van der Waals surface area contributed by atoms with E-state index >= 15 is 0 Å². The number of hydrogen-bond donors (Lipinski definition) is 2. The summed E-state index contributed by atoms with van der Waals surface area (Å²) in [5.74, 6) is -1.08. The maximum absolute atomic E-state index is 12.3. The van der Waals surface area contributed by atoms with Gasteiger partial charge in [0.25, 0.3) is 11.8 Å². The topological polar surface area (TPSA) is 93.7 Å². The fraction of sp³-hybridized carbons (Fsp3) is 0.286. The standard InChI is InChI=1S/C21H22N2O5/c1-12-8-9-13(2)16(10-12)23-20(25)14(3)27-19(24)11-18-21(26)22-15-6-4-5-7-17(15)28-18/h4-10,14,18H,11H2,1-3H3,(H,22,26)(H,23,25)/t14-,18+/m0/s1. The molecule has 1 heterocycles. The number of ether oxygens (including phenoxy) is 2. The molecule has 0 aromatic heterocycles. The first kappa shape index (κ1) is 19.4. The van der Waals surface area contributed by atoms with Crippen molar-refractivity contribution in [2.45, 2.75) is 39.4 Å². The average Bonchev–Trinajstić information content (AvgIpc) is 2.65. The molecule has 1 aliphatic heterocycles. The number of aryl methyl sites for hydroxylation is 2. The molecule has 7 nitrogen and oxygen atoms in total. The van der Waals surface area contributed by atoms with E-state index in [0.717, 1.165) is 11.1 Å². The van der Waals surface area contributed by atoms with Crippen molar-refractivity contribution < 1.29 is 23.9 Å². The van der Waals surface area contributed by atoms with Gasteiger partial charge in [-0.2, -0.15) is 0 Å². The van der Waals surface area contributed by atoms with Gasteiger partial charge in [-0.1, -0.05) is 24.3 Å². The van der Waals surface area contributed by atoms with E-state index in [-0.39, 0.29) is 6.42 Å². The first-order chi connectivity index (χ1) is 13.3. The molecule has 7 heteroatoms. The Morgan fingerprint density at radius 3 is 2.75 bits per heavy atom. The number of carbonyl (C=O) groups is 3. The summed E-state index contributed by atoms with van der Waals surface area (Å²) >= 11 is 0. The van der Waals surface area contributed by atoms with Crippen LogP contribution in [0.5, 0.6) is 5.75 Å². The number of benzene rings is 2. The van der Waals surface area contributed by atoms with Gasteiger partial charge in [0.05, 0.1) is 12.1 Å². The fourth-order valence-corrected chi connectivity index (χ4v) is 2.78. The largest absolute Gasteiger partial charge is 0.478 e. The van der Waals surface area contributed by atoms with Crippen LogP contribution in [0.3, 0.4) is 0 Å². The van der Waals surface area contributed by atoms with Gasteiger partial charge in [0.1, 0.15) is 5.75 Å². The highest BCUT2D eigenvalue weighted by Crippen LogP contribution is 2.29. The van der Waals surface area contributed by atoms with Crippen molar-refractivity contribution >= 4 is 29.2 Å². The van der Waals surface area contributed by atoms with Crippen molar-refractivity contribution in [3.63, 3.8) is 0 Å². The van der Waals surface area contributed by atoms with Crippen molar-refractivity contribution in [1.82, 2.24) is 0 Å². The molecule has 2 aromatic rings. The second-order valence-corrected chi connectivity index (χ2v) is 6.74. The highest BCUT2D eigenvalue weighted by molar-refractivity contribution is 6.00. The molecule has 146 valence electrons. The van der Waals surface area contributed by atoms with Crippen molar-refractivity contribution in [3.8, 4) is 5.75 Å². The number of esters is 1. The second-order valence-electron chi connectivity index (χ2n) is 6.74. The Morgan fingerprint density at radius 2 is 1.96 bits per heavy atom. The molecule has 0 fully saturated rings. The molecule has 2 atom stereocenters. The van der Waals surface area contributed by atoms with Crippen LogP contribution in [0.2, 0.25) is 0 Å². The molecule has 0 saturated heterocycles. The number of hydrogen-bond acceptors (Lipinski definition) is 5. The monoisotopic (exact) mass is 382 g/mol. The Bertz CT molecular complexity index is 925. The van der Waals surface area contributed by atoms with Gasteiger partial charge in [-0.3, -0.25) is 14.4 Å². The molecule has 2 amide bonds. The van der Waals surface area contributed by atoms with E-state index in [1.807, 2.05) is 32.0 Å². The lowest BCUT2D eigenvalue weighted by Gasteiger charge is -2.25. The lowest BCUT2D eigenvalue weighted by Crippen LogP contribution is -2.40. The van der Waals surface area contributed by atoms with Crippen molar-refractivity contribution in [2.24, 2.45) is 0 Å². The maximum atomic E-state index is 12.3. The van der Waals surface area contributed by atoms with E-state index < -0.39 is 30.0 Å². The van der Waals surface area contributed by atoms with Crippen LogP contribution in [0.1, 0.15) is 24.5 Å². The third-order valence-corrected chi connectivity index (χ3v) is 4.39. The molecule has 0 unspecified atom stereocenters. The van der Waals surface area contributed by atoms with Crippen LogP contribution in [0.15, 0.2) is 42.5 Å². The number of fused-ring (bicyclic) bond motifs is 1. The molecule has 28 heavy (non-hydrogen) atoms. The van der Waals surface area contributed by atoms with Crippen LogP contribution in [-0.2, 0) is 19.1 Å². The lowest BCUT2D eigenvalue weighted by molar-refractivity contribution is -0.155. The van der Waals surface area contributed by atoms with Gasteiger partial charge in [-0.15, -0.1) is 0 Å². The molecular weight excluding hydrogens is 360 g/mol. The van der Waals surface area contributed by atoms with Crippen LogP contribution in [0, 0.1) is 13.8 Å². The summed E-state index contributed by atoms with van der Waals surface area (Å²) < 4.78 is 10.8. The molecule has 0 radical (unpaired) electrons. The zero-order chi connectivity index (χ0) is 20.3. The summed E-state index contributed by atoms with van der Waals surface area (Å²) in [6.45, 7) is 5.28. The third kappa shape index (κ3) is 4.49. The number of rotatable bonds is 5. The van der Waals surface area contributed by atoms with Crippen molar-refractivity contribution in [2.75, 3.05) is 10.6 Å². The molecule has 0 aliphatic carbocycles. The molecule has 0 bridgehead atoms. The zero-order valence-electron chi connectivity index (χ0n) is 15.9. The minimum absolute atomic E-state index is 0.290. The molecule has 3 rings (SSSR count). The predicted octanol–water partition coefficient (Wildman–Crippen LogP) is 2.96. The van der Waals surface area contributed by atoms with Gasteiger partial charge in [0.2, 0.25) is 0 Å². The summed E-state index contributed by atoms with van der Waals surface area (Å²) in [5, 5.41) is 5.44. The lowest BCUT2D eigenvalue weighted by atomic mass is 10.1. The molecule has 0 saturated carbocycles. The van der Waals surface area contributed by atoms with Gasteiger partial charge in [-0.25, -0.2) is 0 Å². The molecule has 2 aromatic carbocycles. The van der Waals surface area contributed by atoms with E-state index in [9.17, 15) is 14.4 Å². The van der Waals surface area contributed by atoms with Gasteiger partial charge in [0.15, 0.2) is 12.2 Å². The Balaban J connectivity index is 1.56. The number of amides is 2. The van der Waals surface area contributed by atoms with Gasteiger partial charge in [-0.05, 0) is 50.1 Å². The maximum Gasteiger partial charge on any atom is 0.310 e. The third-order valence-electron chi connectivity index (χ3n) is 4.39. The average molecular weight is 382 g/mol. The van der Waals surface area contributed by atoms with Crippen LogP contribution < -0.4 is 15.4 Å². The molecule has 0 spiro atoms. The quantitative estimate of drug-likeness (QED) is 0.776. The Morgan fingerprint density at radius 1 is 1.21 bits per heavy atom. The smallest absolute Gasteiger partial charge is 0.310 e.